The van der Waals surface area contributed by atoms with Gasteiger partial charge in [0.25, 0.3) is 0 Å². The molecule has 0 aromatic carbocycles. The number of hydrogen-bond acceptors (Lipinski definition) is 3. The zero-order valence-corrected chi connectivity index (χ0v) is 11.3. The fraction of sp³-hybridized carbons (Fsp3) is 0.100. The highest BCUT2D eigenvalue weighted by atomic mass is 127. The van der Waals surface area contributed by atoms with Gasteiger partial charge in [0, 0.05) is 18.0 Å². The molecule has 16 heavy (non-hydrogen) atoms. The molecule has 0 atom stereocenters. The maximum Gasteiger partial charge on any atom is 0.123 e. The predicted octanol–water partition coefficient (Wildman–Crippen LogP) is 1.57. The van der Waals surface area contributed by atoms with Gasteiger partial charge in [-0.2, -0.15) is 5.10 Å². The lowest BCUT2D eigenvalue weighted by Crippen LogP contribution is -2.16. The first-order valence-corrected chi connectivity index (χ1v) is 6.07. The standard InChI is InChI=1S/C10H9IN4S/c11-8-4-14-15(6-8)5-7-2-1-3-13-9(7)10(12)16/h1-4,6H,5H2,(H2,12,16). The monoisotopic (exact) mass is 344 g/mol. The van der Waals surface area contributed by atoms with Gasteiger partial charge in [0.2, 0.25) is 0 Å². The Hall–Kier alpha value is -1.02. The van der Waals surface area contributed by atoms with Crippen molar-refractivity contribution in [3.05, 3.63) is 45.6 Å². The van der Waals surface area contributed by atoms with Crippen LogP contribution in [0.4, 0.5) is 0 Å². The first-order valence-electron chi connectivity index (χ1n) is 4.58. The highest BCUT2D eigenvalue weighted by molar-refractivity contribution is 14.1. The van der Waals surface area contributed by atoms with Crippen LogP contribution in [-0.2, 0) is 6.54 Å². The molecule has 0 unspecified atom stereocenters. The Morgan fingerprint density at radius 3 is 3.00 bits per heavy atom. The van der Waals surface area contributed by atoms with Crippen molar-refractivity contribution in [3.8, 4) is 0 Å². The summed E-state index contributed by atoms with van der Waals surface area (Å²) >= 11 is 7.17. The number of nitrogens with two attached hydrogens (primary N) is 1. The van der Waals surface area contributed by atoms with Crippen LogP contribution in [-0.4, -0.2) is 19.8 Å². The third-order valence-corrected chi connectivity index (χ3v) is 2.81. The second kappa shape index (κ2) is 4.88. The van der Waals surface area contributed by atoms with Crippen LogP contribution in [0.3, 0.4) is 0 Å². The van der Waals surface area contributed by atoms with E-state index in [-0.39, 0.29) is 0 Å². The minimum absolute atomic E-state index is 0.317. The quantitative estimate of drug-likeness (QED) is 0.678. The van der Waals surface area contributed by atoms with Crippen molar-refractivity contribution in [1.82, 2.24) is 14.8 Å². The van der Waals surface area contributed by atoms with Gasteiger partial charge in [-0.05, 0) is 28.7 Å². The Morgan fingerprint density at radius 1 is 1.56 bits per heavy atom. The average molecular weight is 344 g/mol. The molecule has 0 fully saturated rings. The molecule has 2 aromatic rings. The van der Waals surface area contributed by atoms with Crippen molar-refractivity contribution < 1.29 is 0 Å². The van der Waals surface area contributed by atoms with Crippen molar-refractivity contribution >= 4 is 39.8 Å². The van der Waals surface area contributed by atoms with Gasteiger partial charge in [-0.15, -0.1) is 0 Å². The van der Waals surface area contributed by atoms with E-state index in [0.717, 1.165) is 9.13 Å². The Balaban J connectivity index is 2.31. The van der Waals surface area contributed by atoms with Crippen LogP contribution in [0, 0.1) is 3.57 Å². The van der Waals surface area contributed by atoms with Crippen LogP contribution < -0.4 is 5.73 Å². The minimum Gasteiger partial charge on any atom is -0.388 e. The molecule has 6 heteroatoms. The van der Waals surface area contributed by atoms with Gasteiger partial charge in [-0.3, -0.25) is 9.67 Å². The maximum absolute atomic E-state index is 5.61. The first-order chi connectivity index (χ1) is 7.66. The molecule has 0 aliphatic carbocycles. The van der Waals surface area contributed by atoms with Gasteiger partial charge in [0.1, 0.15) is 10.7 Å². The van der Waals surface area contributed by atoms with Crippen molar-refractivity contribution in [2.75, 3.05) is 0 Å². The molecule has 82 valence electrons. The third kappa shape index (κ3) is 2.56. The maximum atomic E-state index is 5.61. The summed E-state index contributed by atoms with van der Waals surface area (Å²) in [6.45, 7) is 0.628. The molecule has 0 aliphatic rings. The number of nitrogens with zero attached hydrogens (tertiary/aromatic N) is 3. The van der Waals surface area contributed by atoms with Crippen LogP contribution >= 0.6 is 34.8 Å². The molecule has 4 nitrogen and oxygen atoms in total. The molecule has 2 rings (SSSR count). The van der Waals surface area contributed by atoms with E-state index in [4.69, 9.17) is 18.0 Å². The van der Waals surface area contributed by atoms with Crippen molar-refractivity contribution in [2.45, 2.75) is 6.54 Å². The highest BCUT2D eigenvalue weighted by Crippen LogP contribution is 2.09. The summed E-state index contributed by atoms with van der Waals surface area (Å²) in [5.74, 6) is 0. The smallest absolute Gasteiger partial charge is 0.123 e. The Labute approximate surface area is 112 Å². The van der Waals surface area contributed by atoms with Gasteiger partial charge in [0.15, 0.2) is 0 Å². The van der Waals surface area contributed by atoms with Gasteiger partial charge < -0.3 is 5.73 Å². The highest BCUT2D eigenvalue weighted by Gasteiger charge is 2.06. The van der Waals surface area contributed by atoms with Crippen LogP contribution in [0.25, 0.3) is 0 Å². The van der Waals surface area contributed by atoms with E-state index in [2.05, 4.69) is 32.7 Å². The third-order valence-electron chi connectivity index (χ3n) is 2.06. The van der Waals surface area contributed by atoms with E-state index in [1.54, 1.807) is 12.4 Å². The second-order valence-electron chi connectivity index (χ2n) is 3.23. The fourth-order valence-electron chi connectivity index (χ4n) is 1.39. The lowest BCUT2D eigenvalue weighted by atomic mass is 10.2. The number of thiocarbonyl (C=S) groups is 1. The Morgan fingerprint density at radius 2 is 2.38 bits per heavy atom. The normalized spacial score (nSPS) is 10.3. The largest absolute Gasteiger partial charge is 0.388 e. The van der Waals surface area contributed by atoms with Gasteiger partial charge >= 0.3 is 0 Å². The topological polar surface area (TPSA) is 56.7 Å². The summed E-state index contributed by atoms with van der Waals surface area (Å²) in [6.07, 6.45) is 5.44. The molecule has 0 radical (unpaired) electrons. The lowest BCUT2D eigenvalue weighted by Gasteiger charge is -2.06. The molecular weight excluding hydrogens is 335 g/mol. The van der Waals surface area contributed by atoms with E-state index < -0.39 is 0 Å². The summed E-state index contributed by atoms with van der Waals surface area (Å²) in [4.78, 5) is 4.49. The zero-order valence-electron chi connectivity index (χ0n) is 8.30. The van der Waals surface area contributed by atoms with Crippen molar-refractivity contribution in [3.63, 3.8) is 0 Å². The first kappa shape index (κ1) is 11.5. The van der Waals surface area contributed by atoms with E-state index in [0.29, 0.717) is 17.2 Å². The molecule has 2 heterocycles. The number of hydrogen-bond donors (Lipinski definition) is 1. The summed E-state index contributed by atoms with van der Waals surface area (Å²) in [5, 5.41) is 4.21. The van der Waals surface area contributed by atoms with E-state index in [1.165, 1.54) is 0 Å². The molecule has 0 spiro atoms. The molecule has 2 aromatic heterocycles. The SMILES string of the molecule is NC(=S)c1ncccc1Cn1cc(I)cn1. The van der Waals surface area contributed by atoms with E-state index in [9.17, 15) is 0 Å². The number of pyridine rings is 1. The van der Waals surface area contributed by atoms with E-state index >= 15 is 0 Å². The average Bonchev–Trinajstić information content (AvgIpc) is 2.64. The summed E-state index contributed by atoms with van der Waals surface area (Å²) in [7, 11) is 0. The van der Waals surface area contributed by atoms with Crippen LogP contribution in [0.2, 0.25) is 0 Å². The lowest BCUT2D eigenvalue weighted by molar-refractivity contribution is 0.683. The van der Waals surface area contributed by atoms with Crippen LogP contribution in [0.1, 0.15) is 11.3 Å². The van der Waals surface area contributed by atoms with Gasteiger partial charge in [-0.25, -0.2) is 0 Å². The van der Waals surface area contributed by atoms with Crippen LogP contribution in [0.15, 0.2) is 30.7 Å². The zero-order chi connectivity index (χ0) is 11.5. The van der Waals surface area contributed by atoms with Crippen molar-refractivity contribution in [1.29, 1.82) is 0 Å². The fourth-order valence-corrected chi connectivity index (χ4v) is 2.02. The van der Waals surface area contributed by atoms with Crippen molar-refractivity contribution in [2.24, 2.45) is 5.73 Å². The molecule has 0 saturated carbocycles. The molecule has 0 amide bonds. The van der Waals surface area contributed by atoms with Crippen LogP contribution in [0.5, 0.6) is 0 Å². The molecular formula is C10H9IN4S. The molecule has 0 aliphatic heterocycles. The minimum atomic E-state index is 0.317. The van der Waals surface area contributed by atoms with E-state index in [1.807, 2.05) is 23.0 Å². The number of halogens is 1. The second-order valence-corrected chi connectivity index (χ2v) is 4.92. The molecule has 2 N–H and O–H groups in total. The molecule has 0 bridgehead atoms. The van der Waals surface area contributed by atoms with Gasteiger partial charge in [-0.1, -0.05) is 18.3 Å². The Kier molecular flexibility index (Phi) is 3.49. The summed E-state index contributed by atoms with van der Waals surface area (Å²) < 4.78 is 2.93. The van der Waals surface area contributed by atoms with Gasteiger partial charge in [0.05, 0.1) is 16.3 Å². The Bertz CT molecular complexity index is 523. The predicted molar refractivity (Wildman–Crippen MR) is 74.2 cm³/mol. The summed E-state index contributed by atoms with van der Waals surface area (Å²) in [5.41, 5.74) is 7.26. The number of rotatable bonds is 3. The number of aromatic nitrogens is 3. The molecule has 0 saturated heterocycles. The summed E-state index contributed by atoms with van der Waals surface area (Å²) in [6, 6.07) is 3.82.